The van der Waals surface area contributed by atoms with Gasteiger partial charge in [-0.3, -0.25) is 14.4 Å². The molecule has 35 heavy (non-hydrogen) atoms. The number of nitrogens with zero attached hydrogens (tertiary/aromatic N) is 6. The molecule has 1 aliphatic heterocycles. The number of halogens is 4. The molecule has 0 spiro atoms. The Morgan fingerprint density at radius 1 is 1.20 bits per heavy atom. The van der Waals surface area contributed by atoms with E-state index in [1.165, 1.54) is 21.4 Å². The molecule has 7 nitrogen and oxygen atoms in total. The molecule has 4 rings (SSSR count). The van der Waals surface area contributed by atoms with Crippen molar-refractivity contribution in [2.75, 3.05) is 18.0 Å². The molecule has 2 aromatic heterocycles. The van der Waals surface area contributed by atoms with Gasteiger partial charge in [-0.2, -0.15) is 23.5 Å². The molecule has 0 bridgehead atoms. The standard InChI is InChI=1S/C24H26F4N6O/c1-14-12-34(20-10-22(35)31(4)21-13-32(8-7-29)30-23(20)21)15(2)11-33(14)16(3)18-6-5-17(9-19(18)25)24(26,27)28/h5-6,9-10,13-16H,8,11-12H2,1-4H3/t14-,15+,16?/m1/s1. The zero-order valence-electron chi connectivity index (χ0n) is 19.8. The Balaban J connectivity index is 1.64. The first kappa shape index (κ1) is 24.7. The maximum Gasteiger partial charge on any atom is 0.416 e. The molecule has 1 fully saturated rings. The van der Waals surface area contributed by atoms with Gasteiger partial charge in [0.15, 0.2) is 0 Å². The van der Waals surface area contributed by atoms with Gasteiger partial charge in [-0.15, -0.1) is 0 Å². The van der Waals surface area contributed by atoms with Crippen molar-refractivity contribution in [3.05, 3.63) is 57.8 Å². The summed E-state index contributed by atoms with van der Waals surface area (Å²) in [6.45, 7) is 6.77. The predicted molar refractivity (Wildman–Crippen MR) is 123 cm³/mol. The zero-order valence-corrected chi connectivity index (χ0v) is 19.8. The molecular weight excluding hydrogens is 464 g/mol. The maximum atomic E-state index is 14.7. The second-order valence-corrected chi connectivity index (χ2v) is 9.10. The summed E-state index contributed by atoms with van der Waals surface area (Å²) in [6, 6.07) is 5.60. The van der Waals surface area contributed by atoms with Crippen LogP contribution in [0.1, 0.15) is 37.9 Å². The first-order chi connectivity index (χ1) is 16.4. The SMILES string of the molecule is CC(c1ccc(C(F)(F)F)cc1F)N1C[C@H](C)N(c2cc(=O)n(C)c3cn(CC#N)nc23)C[C@H]1C. The minimum absolute atomic E-state index is 0.0538. The van der Waals surface area contributed by atoms with Gasteiger partial charge >= 0.3 is 6.18 Å². The van der Waals surface area contributed by atoms with Crippen LogP contribution < -0.4 is 10.5 Å². The van der Waals surface area contributed by atoms with E-state index in [9.17, 15) is 22.4 Å². The summed E-state index contributed by atoms with van der Waals surface area (Å²) in [4.78, 5) is 16.8. The first-order valence-electron chi connectivity index (χ1n) is 11.3. The van der Waals surface area contributed by atoms with Crippen LogP contribution in [0.4, 0.5) is 23.2 Å². The highest BCUT2D eigenvalue weighted by Gasteiger charge is 2.36. The molecule has 3 heterocycles. The Labute approximate surface area is 199 Å². The number of hydrogen-bond donors (Lipinski definition) is 0. The van der Waals surface area contributed by atoms with E-state index in [0.717, 1.165) is 6.07 Å². The van der Waals surface area contributed by atoms with E-state index >= 15 is 0 Å². The average molecular weight is 491 g/mol. The van der Waals surface area contributed by atoms with Crippen LogP contribution in [0.25, 0.3) is 11.0 Å². The van der Waals surface area contributed by atoms with E-state index in [-0.39, 0.29) is 29.8 Å². The summed E-state index contributed by atoms with van der Waals surface area (Å²) in [7, 11) is 1.65. The van der Waals surface area contributed by atoms with Crippen molar-refractivity contribution < 1.29 is 17.6 Å². The summed E-state index contributed by atoms with van der Waals surface area (Å²) in [6.07, 6.45) is -2.93. The minimum Gasteiger partial charge on any atom is -0.364 e. The second-order valence-electron chi connectivity index (χ2n) is 9.10. The molecule has 0 radical (unpaired) electrons. The zero-order chi connectivity index (χ0) is 25.7. The van der Waals surface area contributed by atoms with Gasteiger partial charge < -0.3 is 9.47 Å². The Morgan fingerprint density at radius 2 is 1.91 bits per heavy atom. The lowest BCUT2D eigenvalue weighted by atomic mass is 9.98. The molecule has 0 amide bonds. The number of fused-ring (bicyclic) bond motifs is 1. The Hall–Kier alpha value is -3.39. The molecule has 1 unspecified atom stereocenters. The Morgan fingerprint density at radius 3 is 2.54 bits per heavy atom. The van der Waals surface area contributed by atoms with Gasteiger partial charge in [0.1, 0.15) is 17.9 Å². The van der Waals surface area contributed by atoms with Crippen LogP contribution in [0, 0.1) is 17.1 Å². The number of aryl methyl sites for hydroxylation is 1. The largest absolute Gasteiger partial charge is 0.416 e. The fraction of sp³-hybridized carbons (Fsp3) is 0.458. The average Bonchev–Trinajstić information content (AvgIpc) is 3.21. The van der Waals surface area contributed by atoms with Crippen molar-refractivity contribution in [2.45, 2.75) is 51.6 Å². The third-order valence-corrected chi connectivity index (χ3v) is 6.79. The number of aromatic nitrogens is 3. The molecule has 1 aromatic carbocycles. The molecule has 1 aliphatic rings. The van der Waals surface area contributed by atoms with Crippen molar-refractivity contribution in [1.82, 2.24) is 19.2 Å². The van der Waals surface area contributed by atoms with Gasteiger partial charge in [-0.05, 0) is 32.9 Å². The van der Waals surface area contributed by atoms with Crippen molar-refractivity contribution in [1.29, 1.82) is 5.26 Å². The fourth-order valence-corrected chi connectivity index (χ4v) is 4.86. The normalized spacial score (nSPS) is 20.3. The minimum atomic E-state index is -4.60. The number of nitriles is 1. The van der Waals surface area contributed by atoms with Crippen molar-refractivity contribution >= 4 is 16.7 Å². The first-order valence-corrected chi connectivity index (χ1v) is 11.3. The maximum absolute atomic E-state index is 14.7. The molecular formula is C24H26F4N6O. The van der Waals surface area contributed by atoms with E-state index in [2.05, 4.69) is 14.9 Å². The number of alkyl halides is 3. The Bertz CT molecular complexity index is 1360. The Kier molecular flexibility index (Phi) is 6.36. The van der Waals surface area contributed by atoms with Crippen molar-refractivity contribution in [3.63, 3.8) is 0 Å². The summed E-state index contributed by atoms with van der Waals surface area (Å²) in [5.74, 6) is -0.883. The van der Waals surface area contributed by atoms with Crippen LogP contribution in [0.5, 0.6) is 0 Å². The third-order valence-electron chi connectivity index (χ3n) is 6.79. The van der Waals surface area contributed by atoms with Gasteiger partial charge in [-0.25, -0.2) is 4.39 Å². The molecule has 3 aromatic rings. The molecule has 11 heteroatoms. The lowest BCUT2D eigenvalue weighted by molar-refractivity contribution is -0.137. The summed E-state index contributed by atoms with van der Waals surface area (Å²) in [5.41, 5.74) is 0.875. The van der Waals surface area contributed by atoms with E-state index in [4.69, 9.17) is 5.26 Å². The molecule has 3 atom stereocenters. The number of benzene rings is 1. The third kappa shape index (κ3) is 4.50. The second kappa shape index (κ2) is 9.00. The fourth-order valence-electron chi connectivity index (χ4n) is 4.86. The van der Waals surface area contributed by atoms with Gasteiger partial charge in [-0.1, -0.05) is 6.07 Å². The number of pyridine rings is 1. The monoisotopic (exact) mass is 490 g/mol. The van der Waals surface area contributed by atoms with Gasteiger partial charge in [0.2, 0.25) is 0 Å². The summed E-state index contributed by atoms with van der Waals surface area (Å²) in [5, 5.41) is 13.6. The highest BCUT2D eigenvalue weighted by molar-refractivity contribution is 5.88. The van der Waals surface area contributed by atoms with Crippen LogP contribution >= 0.6 is 0 Å². The quantitative estimate of drug-likeness (QED) is 0.516. The van der Waals surface area contributed by atoms with E-state index in [1.807, 2.05) is 19.9 Å². The van der Waals surface area contributed by atoms with Gasteiger partial charge in [0.25, 0.3) is 5.56 Å². The summed E-state index contributed by atoms with van der Waals surface area (Å²) >= 11 is 0. The van der Waals surface area contributed by atoms with E-state index < -0.39 is 23.6 Å². The van der Waals surface area contributed by atoms with Crippen LogP contribution in [-0.2, 0) is 19.8 Å². The van der Waals surface area contributed by atoms with Crippen molar-refractivity contribution in [2.24, 2.45) is 7.05 Å². The highest BCUT2D eigenvalue weighted by atomic mass is 19.4. The lowest BCUT2D eigenvalue weighted by Gasteiger charge is -2.47. The van der Waals surface area contributed by atoms with E-state index in [1.54, 1.807) is 20.2 Å². The topological polar surface area (TPSA) is 70.1 Å². The van der Waals surface area contributed by atoms with Crippen LogP contribution in [0.15, 0.2) is 35.3 Å². The number of piperazine rings is 1. The molecule has 186 valence electrons. The molecule has 0 saturated carbocycles. The van der Waals surface area contributed by atoms with Crippen LogP contribution in [0.3, 0.4) is 0 Å². The molecule has 0 aliphatic carbocycles. The lowest BCUT2D eigenvalue weighted by Crippen LogP contribution is -2.57. The number of hydrogen-bond acceptors (Lipinski definition) is 5. The van der Waals surface area contributed by atoms with Crippen molar-refractivity contribution in [3.8, 4) is 6.07 Å². The molecule has 1 saturated heterocycles. The smallest absolute Gasteiger partial charge is 0.364 e. The molecule has 0 N–H and O–H groups in total. The predicted octanol–water partition coefficient (Wildman–Crippen LogP) is 4.08. The van der Waals surface area contributed by atoms with Crippen LogP contribution in [-0.4, -0.2) is 44.4 Å². The number of rotatable bonds is 4. The summed E-state index contributed by atoms with van der Waals surface area (Å²) < 4.78 is 56.5. The van der Waals surface area contributed by atoms with Crippen LogP contribution in [0.2, 0.25) is 0 Å². The highest BCUT2D eigenvalue weighted by Crippen LogP contribution is 2.35. The van der Waals surface area contributed by atoms with Gasteiger partial charge in [0.05, 0.1) is 29.0 Å². The number of anilines is 1. The van der Waals surface area contributed by atoms with E-state index in [0.29, 0.717) is 35.9 Å². The van der Waals surface area contributed by atoms with Gasteiger partial charge in [0, 0.05) is 49.9 Å².